The van der Waals surface area contributed by atoms with Gasteiger partial charge in [-0.15, -0.1) is 0 Å². The minimum atomic E-state index is -0.983. The Kier molecular flexibility index (Phi) is 11.2. The van der Waals surface area contributed by atoms with Crippen LogP contribution in [0.4, 0.5) is 18.9 Å². The zero-order valence-corrected chi connectivity index (χ0v) is 29.8. The van der Waals surface area contributed by atoms with Gasteiger partial charge in [0.25, 0.3) is 5.56 Å². The van der Waals surface area contributed by atoms with Gasteiger partial charge in [-0.1, -0.05) is 54.1 Å². The van der Waals surface area contributed by atoms with Crippen LogP contribution >= 0.6 is 11.6 Å². The first-order valence-corrected chi connectivity index (χ1v) is 17.0. The van der Waals surface area contributed by atoms with Crippen LogP contribution in [0.25, 0.3) is 22.3 Å². The smallest absolute Gasteiger partial charge is 0.254 e. The van der Waals surface area contributed by atoms with Gasteiger partial charge in [0.15, 0.2) is 11.6 Å². The van der Waals surface area contributed by atoms with Crippen LogP contribution in [0, 0.1) is 17.5 Å². The van der Waals surface area contributed by atoms with Crippen molar-refractivity contribution in [2.24, 2.45) is 7.05 Å². The van der Waals surface area contributed by atoms with Crippen LogP contribution in [-0.2, 0) is 24.9 Å². The molecule has 0 aliphatic carbocycles. The second-order valence-corrected chi connectivity index (χ2v) is 12.6. The number of pyridine rings is 1. The van der Waals surface area contributed by atoms with Crippen molar-refractivity contribution in [3.8, 4) is 45.3 Å². The van der Waals surface area contributed by atoms with Crippen molar-refractivity contribution in [1.82, 2.24) is 4.57 Å². The third kappa shape index (κ3) is 8.56. The summed E-state index contributed by atoms with van der Waals surface area (Å²) >= 11 is 6.74. The van der Waals surface area contributed by atoms with Gasteiger partial charge >= 0.3 is 0 Å². The minimum Gasteiger partial charge on any atom is -0.493 e. The highest BCUT2D eigenvalue weighted by atomic mass is 35.5. The van der Waals surface area contributed by atoms with Gasteiger partial charge in [-0.05, 0) is 66.6 Å². The maximum atomic E-state index is 15.4. The predicted molar refractivity (Wildman–Crippen MR) is 199 cm³/mol. The van der Waals surface area contributed by atoms with E-state index in [2.05, 4.69) is 5.32 Å². The lowest BCUT2D eigenvalue weighted by Crippen LogP contribution is -2.17. The average molecular weight is 739 g/mol. The highest BCUT2D eigenvalue weighted by Gasteiger charge is 2.28. The quantitative estimate of drug-likeness (QED) is 0.135. The summed E-state index contributed by atoms with van der Waals surface area (Å²) < 4.78 is 64.2. The molecule has 0 fully saturated rings. The molecular formula is C42H34ClF3N2O5. The van der Waals surface area contributed by atoms with Crippen molar-refractivity contribution in [2.75, 3.05) is 11.9 Å². The number of aromatic nitrogens is 1. The van der Waals surface area contributed by atoms with Gasteiger partial charge in [-0.3, -0.25) is 9.59 Å². The van der Waals surface area contributed by atoms with Gasteiger partial charge in [0.1, 0.15) is 35.5 Å². The second-order valence-electron chi connectivity index (χ2n) is 12.2. The van der Waals surface area contributed by atoms with Crippen molar-refractivity contribution in [3.05, 3.63) is 159 Å². The summed E-state index contributed by atoms with van der Waals surface area (Å²) in [6.07, 6.45) is 1.68. The molecule has 1 aromatic heterocycles. The summed E-state index contributed by atoms with van der Waals surface area (Å²) in [5.41, 5.74) is 2.93. The molecule has 0 aliphatic rings. The number of anilines is 1. The number of nitrogens with one attached hydrogen (secondary N) is 1. The van der Waals surface area contributed by atoms with Crippen molar-refractivity contribution in [2.45, 2.75) is 26.9 Å². The number of hydrogen-bond donors (Lipinski definition) is 1. The SMILES string of the molecule is CCOc1cc(=O)n(C)cc1-c1c(Oc2ccc(F)cc2F)c(Cc2ccc(OCc3ccccc3)cc2)cc(NC(C)=O)c1-c1cc(F)ccc1Cl. The zero-order valence-electron chi connectivity index (χ0n) is 29.0. The normalized spacial score (nSPS) is 10.9. The molecule has 53 heavy (non-hydrogen) atoms. The van der Waals surface area contributed by atoms with Crippen LogP contribution in [0.15, 0.2) is 114 Å². The first-order chi connectivity index (χ1) is 25.5. The number of benzene rings is 5. The van der Waals surface area contributed by atoms with E-state index in [0.717, 1.165) is 23.3 Å². The number of rotatable bonds is 12. The molecule has 1 heterocycles. The lowest BCUT2D eigenvalue weighted by atomic mass is 9.88. The highest BCUT2D eigenvalue weighted by Crippen LogP contribution is 2.51. The third-order valence-electron chi connectivity index (χ3n) is 8.30. The van der Waals surface area contributed by atoms with Crippen molar-refractivity contribution in [3.63, 3.8) is 0 Å². The van der Waals surface area contributed by atoms with Gasteiger partial charge in [0.2, 0.25) is 5.91 Å². The van der Waals surface area contributed by atoms with Gasteiger partial charge in [0, 0.05) is 77.2 Å². The average Bonchev–Trinajstić information content (AvgIpc) is 3.13. The summed E-state index contributed by atoms with van der Waals surface area (Å²) in [5, 5.41) is 2.98. The predicted octanol–water partition coefficient (Wildman–Crippen LogP) is 10.1. The first kappa shape index (κ1) is 36.8. The van der Waals surface area contributed by atoms with E-state index in [1.807, 2.05) is 54.6 Å². The van der Waals surface area contributed by atoms with E-state index in [4.69, 9.17) is 25.8 Å². The molecular weight excluding hydrogens is 705 g/mol. The molecule has 0 radical (unpaired) electrons. The molecule has 6 aromatic rings. The zero-order chi connectivity index (χ0) is 37.6. The molecule has 0 saturated heterocycles. The molecule has 0 saturated carbocycles. The molecule has 11 heteroatoms. The van der Waals surface area contributed by atoms with Crippen LogP contribution in [0.3, 0.4) is 0 Å². The molecule has 5 aromatic carbocycles. The molecule has 1 amide bonds. The van der Waals surface area contributed by atoms with E-state index in [9.17, 15) is 14.0 Å². The molecule has 1 N–H and O–H groups in total. The number of halogens is 4. The Balaban J connectivity index is 1.63. The number of aryl methyl sites for hydroxylation is 1. The summed E-state index contributed by atoms with van der Waals surface area (Å²) in [6, 6.07) is 26.6. The van der Waals surface area contributed by atoms with Crippen molar-refractivity contribution < 1.29 is 32.2 Å². The largest absolute Gasteiger partial charge is 0.493 e. The van der Waals surface area contributed by atoms with Crippen molar-refractivity contribution in [1.29, 1.82) is 0 Å². The van der Waals surface area contributed by atoms with E-state index in [1.54, 1.807) is 13.0 Å². The third-order valence-corrected chi connectivity index (χ3v) is 8.63. The highest BCUT2D eigenvalue weighted by molar-refractivity contribution is 6.34. The Morgan fingerprint density at radius 1 is 0.792 bits per heavy atom. The molecule has 0 bridgehead atoms. The number of carbonyl (C=O) groups is 1. The Bertz CT molecular complexity index is 2350. The molecule has 0 unspecified atom stereocenters. The lowest BCUT2D eigenvalue weighted by molar-refractivity contribution is -0.114. The fourth-order valence-electron chi connectivity index (χ4n) is 5.89. The van der Waals surface area contributed by atoms with Crippen LogP contribution in [0.1, 0.15) is 30.5 Å². The Morgan fingerprint density at radius 2 is 1.51 bits per heavy atom. The van der Waals surface area contributed by atoms with E-state index < -0.39 is 23.4 Å². The summed E-state index contributed by atoms with van der Waals surface area (Å²) in [5.74, 6) is -2.35. The molecule has 270 valence electrons. The topological polar surface area (TPSA) is 78.8 Å². The van der Waals surface area contributed by atoms with Crippen LogP contribution < -0.4 is 25.1 Å². The molecule has 7 nitrogen and oxygen atoms in total. The molecule has 0 spiro atoms. The fourth-order valence-corrected chi connectivity index (χ4v) is 6.10. The number of nitrogens with zero attached hydrogens (tertiary/aromatic N) is 1. The number of hydrogen-bond acceptors (Lipinski definition) is 5. The lowest BCUT2D eigenvalue weighted by Gasteiger charge is -2.25. The van der Waals surface area contributed by atoms with Crippen molar-refractivity contribution >= 4 is 23.2 Å². The van der Waals surface area contributed by atoms with E-state index in [0.29, 0.717) is 29.5 Å². The minimum absolute atomic E-state index is 0.0592. The number of carbonyl (C=O) groups excluding carboxylic acids is 1. The van der Waals surface area contributed by atoms with E-state index >= 15 is 8.78 Å². The number of ether oxygens (including phenoxy) is 3. The van der Waals surface area contributed by atoms with Crippen LogP contribution in [0.5, 0.6) is 23.0 Å². The Labute approximate surface area is 309 Å². The number of amides is 1. The van der Waals surface area contributed by atoms with E-state index in [-0.39, 0.29) is 63.2 Å². The van der Waals surface area contributed by atoms with Gasteiger partial charge in [-0.25, -0.2) is 13.2 Å². The summed E-state index contributed by atoms with van der Waals surface area (Å²) in [6.45, 7) is 3.59. The molecule has 0 aliphatic heterocycles. The Morgan fingerprint density at radius 3 is 2.21 bits per heavy atom. The van der Waals surface area contributed by atoms with Crippen LogP contribution in [0.2, 0.25) is 5.02 Å². The standard InChI is InChI=1S/C42H34ClF3N2O5/c1-4-51-38-22-39(50)48(3)23-33(38)41-40(32-20-29(44)12-16-34(32)43)36(47-25(2)49)19-28(42(41)53-37-17-13-30(45)21-35(37)46)18-26-10-14-31(15-11-26)52-24-27-8-6-5-7-9-27/h5-17,19-23H,4,18,24H2,1-3H3,(H,47,49). The van der Waals surface area contributed by atoms with Gasteiger partial charge in [0.05, 0.1) is 6.61 Å². The van der Waals surface area contributed by atoms with Gasteiger partial charge < -0.3 is 24.1 Å². The maximum Gasteiger partial charge on any atom is 0.254 e. The fraction of sp³-hybridized carbons (Fsp3) is 0.143. The molecule has 6 rings (SSSR count). The van der Waals surface area contributed by atoms with Gasteiger partial charge in [-0.2, -0.15) is 0 Å². The van der Waals surface area contributed by atoms with E-state index in [1.165, 1.54) is 49.0 Å². The summed E-state index contributed by atoms with van der Waals surface area (Å²) in [7, 11) is 1.54. The molecule has 0 atom stereocenters. The van der Waals surface area contributed by atoms with Crippen LogP contribution in [-0.4, -0.2) is 17.1 Å². The summed E-state index contributed by atoms with van der Waals surface area (Å²) in [4.78, 5) is 25.7. The monoisotopic (exact) mass is 738 g/mol. The maximum absolute atomic E-state index is 15.4. The second kappa shape index (κ2) is 16.1. The Hall–Kier alpha value is -6.00. The first-order valence-electron chi connectivity index (χ1n) is 16.7.